The van der Waals surface area contributed by atoms with Crippen LogP contribution in [0.2, 0.25) is 0 Å². The predicted molar refractivity (Wildman–Crippen MR) is 74.8 cm³/mol. The lowest BCUT2D eigenvalue weighted by Gasteiger charge is -2.09. The van der Waals surface area contributed by atoms with Crippen molar-refractivity contribution in [3.05, 3.63) is 42.2 Å². The number of ketones is 1. The molecule has 5 nitrogen and oxygen atoms in total. The van der Waals surface area contributed by atoms with Gasteiger partial charge in [-0.3, -0.25) is 4.79 Å². The average molecular weight is 275 g/mol. The number of rotatable bonds is 6. The van der Waals surface area contributed by atoms with Crippen molar-refractivity contribution in [2.45, 2.75) is 0 Å². The van der Waals surface area contributed by atoms with Gasteiger partial charge in [0.15, 0.2) is 6.61 Å². The minimum Gasteiger partial charge on any atom is -0.496 e. The summed E-state index contributed by atoms with van der Waals surface area (Å²) < 4.78 is 17.6. The number of aromatic nitrogens is 1. The number of Topliss-reactive ketones (excluding diaryl/α,β-unsaturated/α-hetero) is 1. The van der Waals surface area contributed by atoms with Crippen molar-refractivity contribution >= 4 is 5.78 Å². The van der Waals surface area contributed by atoms with Gasteiger partial charge in [-0.25, -0.2) is 0 Å². The van der Waals surface area contributed by atoms with Gasteiger partial charge in [0.1, 0.15) is 17.2 Å². The average Bonchev–Trinajstić information content (AvgIpc) is 2.91. The minimum atomic E-state index is -0.0765. The number of carbonyl (C=O) groups is 1. The molecule has 0 radical (unpaired) electrons. The van der Waals surface area contributed by atoms with Gasteiger partial charge in [0, 0.05) is 43.2 Å². The quantitative estimate of drug-likeness (QED) is 0.759. The molecule has 0 atom stereocenters. The highest BCUT2D eigenvalue weighted by molar-refractivity contribution is 5.97. The van der Waals surface area contributed by atoms with E-state index in [1.165, 1.54) is 0 Å². The van der Waals surface area contributed by atoms with Crippen molar-refractivity contribution in [2.75, 3.05) is 20.8 Å². The molecule has 0 fully saturated rings. The molecule has 2 aromatic rings. The second kappa shape index (κ2) is 6.14. The normalized spacial score (nSPS) is 10.2. The van der Waals surface area contributed by atoms with E-state index in [0.29, 0.717) is 22.8 Å². The summed E-state index contributed by atoms with van der Waals surface area (Å²) in [5, 5.41) is 0. The summed E-state index contributed by atoms with van der Waals surface area (Å²) in [7, 11) is 4.99. The molecule has 20 heavy (non-hydrogen) atoms. The molecule has 0 saturated carbocycles. The molecule has 0 aliphatic carbocycles. The Balaban J connectivity index is 2.05. The van der Waals surface area contributed by atoms with Crippen LogP contribution in [0.1, 0.15) is 10.4 Å². The molecule has 0 saturated heterocycles. The van der Waals surface area contributed by atoms with E-state index in [9.17, 15) is 4.79 Å². The van der Waals surface area contributed by atoms with Crippen LogP contribution in [0, 0.1) is 0 Å². The van der Waals surface area contributed by atoms with Gasteiger partial charge < -0.3 is 18.8 Å². The minimum absolute atomic E-state index is 0.0274. The fourth-order valence-corrected chi connectivity index (χ4v) is 1.77. The second-order valence-electron chi connectivity index (χ2n) is 4.33. The van der Waals surface area contributed by atoms with Crippen LogP contribution in [0.15, 0.2) is 36.7 Å². The van der Waals surface area contributed by atoms with Crippen LogP contribution in [0.5, 0.6) is 17.2 Å². The zero-order valence-corrected chi connectivity index (χ0v) is 11.8. The molecule has 0 bridgehead atoms. The zero-order chi connectivity index (χ0) is 14.5. The number of benzene rings is 1. The maximum atomic E-state index is 11.9. The fourth-order valence-electron chi connectivity index (χ4n) is 1.77. The first-order valence-corrected chi connectivity index (χ1v) is 6.13. The monoisotopic (exact) mass is 275 g/mol. The Morgan fingerprint density at radius 1 is 1.10 bits per heavy atom. The molecule has 0 spiro atoms. The van der Waals surface area contributed by atoms with Gasteiger partial charge in [0.05, 0.1) is 14.2 Å². The largest absolute Gasteiger partial charge is 0.496 e. The van der Waals surface area contributed by atoms with E-state index < -0.39 is 0 Å². The Bertz CT molecular complexity index is 581. The van der Waals surface area contributed by atoms with Crippen molar-refractivity contribution in [3.63, 3.8) is 0 Å². The summed E-state index contributed by atoms with van der Waals surface area (Å²) in [4.78, 5) is 11.9. The van der Waals surface area contributed by atoms with Crippen LogP contribution in [-0.4, -0.2) is 31.2 Å². The number of nitrogens with zero attached hydrogens (tertiary/aromatic N) is 1. The summed E-state index contributed by atoms with van der Waals surface area (Å²) in [5.41, 5.74) is 0.627. The number of carbonyl (C=O) groups excluding carboxylic acids is 1. The van der Waals surface area contributed by atoms with Gasteiger partial charge >= 0.3 is 0 Å². The van der Waals surface area contributed by atoms with Gasteiger partial charge in [0.25, 0.3) is 0 Å². The molecule has 1 aromatic heterocycles. The Labute approximate surface area is 117 Å². The van der Waals surface area contributed by atoms with Crippen LogP contribution in [-0.2, 0) is 7.05 Å². The van der Waals surface area contributed by atoms with E-state index in [-0.39, 0.29) is 12.4 Å². The summed E-state index contributed by atoms with van der Waals surface area (Å²) >= 11 is 0. The smallest absolute Gasteiger partial charge is 0.201 e. The van der Waals surface area contributed by atoms with Crippen LogP contribution < -0.4 is 14.2 Å². The molecule has 2 rings (SSSR count). The van der Waals surface area contributed by atoms with Crippen molar-refractivity contribution in [1.82, 2.24) is 4.57 Å². The molecule has 0 unspecified atom stereocenters. The highest BCUT2D eigenvalue weighted by Gasteiger charge is 2.09. The lowest BCUT2D eigenvalue weighted by Crippen LogP contribution is -2.11. The van der Waals surface area contributed by atoms with E-state index in [1.54, 1.807) is 44.7 Å². The number of hydrogen-bond donors (Lipinski definition) is 0. The highest BCUT2D eigenvalue weighted by Crippen LogP contribution is 2.27. The molecule has 1 heterocycles. The number of ether oxygens (including phenoxy) is 3. The van der Waals surface area contributed by atoms with Crippen molar-refractivity contribution < 1.29 is 19.0 Å². The highest BCUT2D eigenvalue weighted by atomic mass is 16.5. The molecule has 0 amide bonds. The van der Waals surface area contributed by atoms with Crippen LogP contribution in [0.4, 0.5) is 0 Å². The van der Waals surface area contributed by atoms with E-state index >= 15 is 0 Å². The Hall–Kier alpha value is -2.43. The van der Waals surface area contributed by atoms with Crippen LogP contribution >= 0.6 is 0 Å². The Kier molecular flexibility index (Phi) is 4.30. The maximum absolute atomic E-state index is 11.9. The Morgan fingerprint density at radius 2 is 1.70 bits per heavy atom. The van der Waals surface area contributed by atoms with Crippen molar-refractivity contribution in [1.29, 1.82) is 0 Å². The van der Waals surface area contributed by atoms with Crippen molar-refractivity contribution in [3.8, 4) is 17.2 Å². The van der Waals surface area contributed by atoms with E-state index in [2.05, 4.69) is 0 Å². The standard InChI is InChI=1S/C15H17NO4/c1-16-5-4-11(9-16)15(17)10-20-14-7-12(18-2)6-13(8-14)19-3/h4-9H,10H2,1-3H3. The van der Waals surface area contributed by atoms with Gasteiger partial charge in [-0.15, -0.1) is 0 Å². The van der Waals surface area contributed by atoms with Gasteiger partial charge in [-0.1, -0.05) is 0 Å². The van der Waals surface area contributed by atoms with Crippen LogP contribution in [0.25, 0.3) is 0 Å². The number of methoxy groups -OCH3 is 2. The maximum Gasteiger partial charge on any atom is 0.201 e. The third-order valence-electron chi connectivity index (χ3n) is 2.85. The first-order chi connectivity index (χ1) is 9.62. The predicted octanol–water partition coefficient (Wildman–Crippen LogP) is 2.30. The lowest BCUT2D eigenvalue weighted by molar-refractivity contribution is 0.0921. The molecule has 1 aromatic carbocycles. The Morgan fingerprint density at radius 3 is 2.20 bits per heavy atom. The molecule has 5 heteroatoms. The van der Waals surface area contributed by atoms with E-state index in [0.717, 1.165) is 0 Å². The zero-order valence-electron chi connectivity index (χ0n) is 11.8. The van der Waals surface area contributed by atoms with Gasteiger partial charge in [-0.2, -0.15) is 0 Å². The lowest BCUT2D eigenvalue weighted by atomic mass is 10.2. The van der Waals surface area contributed by atoms with Crippen LogP contribution in [0.3, 0.4) is 0 Å². The molecular formula is C15H17NO4. The third-order valence-corrected chi connectivity index (χ3v) is 2.85. The van der Waals surface area contributed by atoms with Gasteiger partial charge in [-0.05, 0) is 6.07 Å². The molecule has 106 valence electrons. The summed E-state index contributed by atoms with van der Waals surface area (Å²) in [6.45, 7) is -0.0274. The summed E-state index contributed by atoms with van der Waals surface area (Å²) in [5.74, 6) is 1.69. The van der Waals surface area contributed by atoms with Crippen molar-refractivity contribution in [2.24, 2.45) is 7.05 Å². The number of aryl methyl sites for hydroxylation is 1. The fraction of sp³-hybridized carbons (Fsp3) is 0.267. The molecular weight excluding hydrogens is 258 g/mol. The first-order valence-electron chi connectivity index (χ1n) is 6.13. The first kappa shape index (κ1) is 14.0. The SMILES string of the molecule is COc1cc(OC)cc(OCC(=O)c2ccn(C)c2)c1. The third kappa shape index (κ3) is 3.32. The summed E-state index contributed by atoms with van der Waals surface area (Å²) in [6.07, 6.45) is 3.58. The summed E-state index contributed by atoms with van der Waals surface area (Å²) in [6, 6.07) is 6.92. The topological polar surface area (TPSA) is 49.7 Å². The second-order valence-corrected chi connectivity index (χ2v) is 4.33. The molecule has 0 N–H and O–H groups in total. The molecule has 0 aliphatic heterocycles. The number of hydrogen-bond acceptors (Lipinski definition) is 4. The van der Waals surface area contributed by atoms with Gasteiger partial charge in [0.2, 0.25) is 5.78 Å². The van der Waals surface area contributed by atoms with E-state index in [1.807, 2.05) is 17.8 Å². The molecule has 0 aliphatic rings. The van der Waals surface area contributed by atoms with E-state index in [4.69, 9.17) is 14.2 Å².